The maximum absolute atomic E-state index is 15.6. The molecule has 11 rings (SSSR count). The van der Waals surface area contributed by atoms with Gasteiger partial charge in [-0.1, -0.05) is 158 Å². The van der Waals surface area contributed by atoms with Gasteiger partial charge in [0.05, 0.1) is 16.6 Å². The first-order valence-electron chi connectivity index (χ1n) is 18.7. The number of benzene rings is 6. The number of pyridine rings is 1. The van der Waals surface area contributed by atoms with Crippen molar-refractivity contribution in [2.45, 2.75) is 30.6 Å². The van der Waals surface area contributed by atoms with Gasteiger partial charge in [0.15, 0.2) is 7.14 Å². The molecule has 0 saturated heterocycles. The molecule has 7 aromatic rings. The quantitative estimate of drug-likeness (QED) is 0.135. The Hall–Kier alpha value is -5.82. The summed E-state index contributed by atoms with van der Waals surface area (Å²) in [6.45, 7) is 0. The number of nitrogens with zero attached hydrogens (tertiary/aromatic N) is 1. The van der Waals surface area contributed by atoms with Gasteiger partial charge in [-0.2, -0.15) is 0 Å². The van der Waals surface area contributed by atoms with Crippen LogP contribution in [0.4, 0.5) is 0 Å². The van der Waals surface area contributed by atoms with Gasteiger partial charge in [0.25, 0.3) is 0 Å². The van der Waals surface area contributed by atoms with Gasteiger partial charge in [-0.05, 0) is 98.0 Å². The van der Waals surface area contributed by atoms with Crippen LogP contribution in [0.2, 0.25) is 0 Å². The maximum Gasteiger partial charge on any atom is 0.163 e. The molecule has 0 bridgehead atoms. The lowest BCUT2D eigenvalue weighted by atomic mass is 9.70. The van der Waals surface area contributed by atoms with E-state index >= 15 is 4.57 Å². The Labute approximate surface area is 309 Å². The Morgan fingerprint density at radius 2 is 1.19 bits per heavy atom. The fraction of sp³-hybridized carbons (Fsp3) is 0.100. The highest BCUT2D eigenvalue weighted by Crippen LogP contribution is 2.66. The summed E-state index contributed by atoms with van der Waals surface area (Å²) in [5, 5.41) is 6.50. The summed E-state index contributed by atoms with van der Waals surface area (Å²) in [5.74, 6) is -0.0418. The van der Waals surface area contributed by atoms with E-state index in [1.165, 1.54) is 55.3 Å². The van der Waals surface area contributed by atoms with E-state index in [-0.39, 0.29) is 5.92 Å². The summed E-state index contributed by atoms with van der Waals surface area (Å²) in [6.07, 6.45) is 15.3. The van der Waals surface area contributed by atoms with Crippen LogP contribution in [0, 0.1) is 0 Å². The van der Waals surface area contributed by atoms with Crippen molar-refractivity contribution in [3.05, 3.63) is 215 Å². The van der Waals surface area contributed by atoms with Gasteiger partial charge < -0.3 is 4.57 Å². The number of fused-ring (bicyclic) bond motifs is 13. The molecule has 2 atom stereocenters. The van der Waals surface area contributed by atoms with Crippen molar-refractivity contribution in [2.75, 3.05) is 0 Å². The minimum atomic E-state index is -3.05. The Morgan fingerprint density at radius 3 is 1.89 bits per heavy atom. The van der Waals surface area contributed by atoms with Crippen LogP contribution in [0.25, 0.3) is 43.9 Å². The molecule has 0 radical (unpaired) electrons. The van der Waals surface area contributed by atoms with E-state index in [0.717, 1.165) is 45.4 Å². The third-order valence-electron chi connectivity index (χ3n) is 12.2. The van der Waals surface area contributed by atoms with E-state index in [2.05, 4.69) is 158 Å². The van der Waals surface area contributed by atoms with Crippen LogP contribution >= 0.6 is 7.14 Å². The molecule has 1 heterocycles. The average molecular weight is 698 g/mol. The predicted molar refractivity (Wildman–Crippen MR) is 220 cm³/mol. The molecule has 0 N–H and O–H groups in total. The van der Waals surface area contributed by atoms with Crippen LogP contribution in [-0.2, 0) is 9.98 Å². The first kappa shape index (κ1) is 30.8. The first-order valence-corrected chi connectivity index (χ1v) is 20.4. The van der Waals surface area contributed by atoms with Crippen LogP contribution in [0.3, 0.4) is 0 Å². The SMILES string of the molecule is O=P(C1=CC=CCC1)(C1=CC=CC(c2nc3ccccc3c3cc4c(cc23)C2(c3ccccc3-c3ccccc32)c2ccccc2-4)C1)c1ccccc1. The van der Waals surface area contributed by atoms with Crippen molar-refractivity contribution in [3.63, 3.8) is 0 Å². The Balaban J connectivity index is 1.16. The third-order valence-corrected chi connectivity index (χ3v) is 15.5. The predicted octanol–water partition coefficient (Wildman–Crippen LogP) is 12.6. The lowest BCUT2D eigenvalue weighted by Gasteiger charge is -2.31. The monoisotopic (exact) mass is 697 g/mol. The lowest BCUT2D eigenvalue weighted by molar-refractivity contribution is 0.585. The van der Waals surface area contributed by atoms with Crippen LogP contribution < -0.4 is 5.30 Å². The standard InChI is InChI=1S/C50H36NOP/c52-53(34-17-3-1-4-18-34,35-19-5-2-6-20-35)36-21-15-16-33(30-36)49-43-32-47-42(31-41(43)40-25-10-14-29-48(40)51-49)39-24-9-13-28-46(39)50(47)44-26-11-7-22-37(44)38-23-8-12-27-45(38)50/h1-5,7-19,21-29,31-33H,6,20,30H2. The van der Waals surface area contributed by atoms with Crippen molar-refractivity contribution in [1.29, 1.82) is 0 Å². The van der Waals surface area contributed by atoms with Gasteiger partial charge in [-0.3, -0.25) is 4.98 Å². The van der Waals surface area contributed by atoms with Gasteiger partial charge in [0, 0.05) is 22.0 Å². The zero-order valence-electron chi connectivity index (χ0n) is 29.2. The van der Waals surface area contributed by atoms with Gasteiger partial charge >= 0.3 is 0 Å². The van der Waals surface area contributed by atoms with E-state index in [0.29, 0.717) is 6.42 Å². The van der Waals surface area contributed by atoms with E-state index < -0.39 is 12.6 Å². The molecule has 2 unspecified atom stereocenters. The molecule has 53 heavy (non-hydrogen) atoms. The van der Waals surface area contributed by atoms with E-state index in [1.807, 2.05) is 18.2 Å². The number of para-hydroxylation sites is 1. The zero-order valence-corrected chi connectivity index (χ0v) is 30.1. The second-order valence-electron chi connectivity index (χ2n) is 14.8. The van der Waals surface area contributed by atoms with E-state index in [1.54, 1.807) is 0 Å². The largest absolute Gasteiger partial charge is 0.309 e. The van der Waals surface area contributed by atoms with Crippen LogP contribution in [0.5, 0.6) is 0 Å². The van der Waals surface area contributed by atoms with Crippen LogP contribution in [0.15, 0.2) is 187 Å². The minimum Gasteiger partial charge on any atom is -0.309 e. The molecule has 0 amide bonds. The van der Waals surface area contributed by atoms with Crippen LogP contribution in [-0.4, -0.2) is 4.98 Å². The maximum atomic E-state index is 15.6. The summed E-state index contributed by atoms with van der Waals surface area (Å²) >= 11 is 0. The molecular formula is C50H36NOP. The third kappa shape index (κ3) is 4.22. The lowest BCUT2D eigenvalue weighted by Crippen LogP contribution is -2.25. The van der Waals surface area contributed by atoms with Crippen molar-refractivity contribution in [2.24, 2.45) is 0 Å². The van der Waals surface area contributed by atoms with Crippen LogP contribution in [0.1, 0.15) is 53.1 Å². The highest BCUT2D eigenvalue weighted by atomic mass is 31.2. The molecule has 252 valence electrons. The average Bonchev–Trinajstić information content (AvgIpc) is 3.70. The first-order chi connectivity index (χ1) is 26.2. The van der Waals surface area contributed by atoms with Crippen molar-refractivity contribution in [1.82, 2.24) is 4.98 Å². The molecule has 0 saturated carbocycles. The molecule has 0 aliphatic heterocycles. The Morgan fingerprint density at radius 1 is 0.566 bits per heavy atom. The van der Waals surface area contributed by atoms with Gasteiger partial charge in [0.2, 0.25) is 0 Å². The number of allylic oxidation sites excluding steroid dienone is 8. The molecule has 0 fully saturated rings. The second kappa shape index (κ2) is 11.6. The minimum absolute atomic E-state index is 0.0418. The highest BCUT2D eigenvalue weighted by Gasteiger charge is 2.51. The molecule has 4 aliphatic rings. The number of hydrogen-bond donors (Lipinski definition) is 0. The smallest absolute Gasteiger partial charge is 0.163 e. The Kier molecular flexibility index (Phi) is 6.73. The fourth-order valence-electron chi connectivity index (χ4n) is 9.93. The molecule has 6 aromatic carbocycles. The molecular weight excluding hydrogens is 662 g/mol. The molecule has 2 nitrogen and oxygen atoms in total. The summed E-state index contributed by atoms with van der Waals surface area (Å²) in [4.78, 5) is 5.51. The number of aromatic nitrogens is 1. The molecule has 4 aliphatic carbocycles. The normalized spacial score (nSPS) is 18.6. The zero-order chi connectivity index (χ0) is 35.1. The molecule has 1 aromatic heterocycles. The van der Waals surface area contributed by atoms with E-state index in [9.17, 15) is 0 Å². The molecule has 3 heteroatoms. The highest BCUT2D eigenvalue weighted by molar-refractivity contribution is 7.79. The summed E-state index contributed by atoms with van der Waals surface area (Å²) in [7, 11) is -3.05. The van der Waals surface area contributed by atoms with Gasteiger partial charge in [-0.15, -0.1) is 0 Å². The summed E-state index contributed by atoms with van der Waals surface area (Å²) in [5.41, 5.74) is 12.1. The topological polar surface area (TPSA) is 30.0 Å². The summed E-state index contributed by atoms with van der Waals surface area (Å²) < 4.78 is 15.6. The van der Waals surface area contributed by atoms with Crippen molar-refractivity contribution in [3.8, 4) is 22.3 Å². The van der Waals surface area contributed by atoms with Crippen molar-refractivity contribution >= 4 is 34.1 Å². The Bertz CT molecular complexity index is 2810. The number of hydrogen-bond acceptors (Lipinski definition) is 2. The van der Waals surface area contributed by atoms with Gasteiger partial charge in [-0.25, -0.2) is 0 Å². The van der Waals surface area contributed by atoms with E-state index in [4.69, 9.17) is 4.98 Å². The molecule has 1 spiro atoms. The number of rotatable bonds is 4. The van der Waals surface area contributed by atoms with Crippen molar-refractivity contribution < 1.29 is 4.57 Å². The summed E-state index contributed by atoms with van der Waals surface area (Å²) in [6, 6.07) is 50.6. The second-order valence-corrected chi connectivity index (χ2v) is 17.7. The fourth-order valence-corrected chi connectivity index (χ4v) is 13.0. The van der Waals surface area contributed by atoms with Gasteiger partial charge in [0.1, 0.15) is 0 Å².